The molecule has 0 radical (unpaired) electrons. The van der Waals surface area contributed by atoms with Gasteiger partial charge in [0.15, 0.2) is 17.5 Å². The summed E-state index contributed by atoms with van der Waals surface area (Å²) in [5.41, 5.74) is 16.2. The monoisotopic (exact) mass is 883 g/mol. The van der Waals surface area contributed by atoms with Crippen molar-refractivity contribution in [2.24, 2.45) is 0 Å². The maximum Gasteiger partial charge on any atom is 0.164 e. The summed E-state index contributed by atoms with van der Waals surface area (Å²) >= 11 is 0. The van der Waals surface area contributed by atoms with Gasteiger partial charge in [0.1, 0.15) is 33.5 Å². The lowest BCUT2D eigenvalue weighted by Crippen LogP contribution is -2.00. The summed E-state index contributed by atoms with van der Waals surface area (Å²) in [5.74, 6) is 1.70. The molecule has 0 fully saturated rings. The highest BCUT2D eigenvalue weighted by atomic mass is 16.3. The third-order valence-electron chi connectivity index (χ3n) is 13.3. The summed E-state index contributed by atoms with van der Waals surface area (Å²) in [5, 5.41) is 6.59. The summed E-state index contributed by atoms with van der Waals surface area (Å²) in [7, 11) is 0. The number of benzene rings is 10. The van der Waals surface area contributed by atoms with E-state index in [4.69, 9.17) is 28.2 Å². The molecule has 0 aliphatic heterocycles. The molecule has 0 amide bonds. The maximum absolute atomic E-state index is 6.53. The standard InChI is InChI=1S/C63H37N3O3/c1-2-12-38(13-3-1)48-22-11-25-56-60(48)53-31-28-44(37-59(53)69-56)41-16-10-19-47(34-41)63-65-61(45-17-8-14-39(32-45)42-26-29-51-49-20-4-6-23-54(49)67-57(51)35-42)64-62(66-63)46-18-9-15-40(33-46)43-27-30-52-50-21-5-7-24-55(50)68-58(52)36-43/h1-37H. The zero-order chi connectivity index (χ0) is 45.4. The third-order valence-corrected chi connectivity index (χ3v) is 13.3. The van der Waals surface area contributed by atoms with E-state index < -0.39 is 0 Å². The number of fused-ring (bicyclic) bond motifs is 9. The summed E-state index contributed by atoms with van der Waals surface area (Å²) < 4.78 is 19.1. The second-order valence-electron chi connectivity index (χ2n) is 17.5. The van der Waals surface area contributed by atoms with E-state index in [-0.39, 0.29) is 0 Å². The van der Waals surface area contributed by atoms with Crippen LogP contribution in [0.1, 0.15) is 0 Å². The highest BCUT2D eigenvalue weighted by Gasteiger charge is 2.18. The molecule has 4 heterocycles. The smallest absolute Gasteiger partial charge is 0.164 e. The highest BCUT2D eigenvalue weighted by Crippen LogP contribution is 2.40. The van der Waals surface area contributed by atoms with Crippen molar-refractivity contribution >= 4 is 65.8 Å². The average molecular weight is 884 g/mol. The topological polar surface area (TPSA) is 78.1 Å². The number of nitrogens with zero attached hydrogens (tertiary/aromatic N) is 3. The van der Waals surface area contributed by atoms with Gasteiger partial charge in [-0.15, -0.1) is 0 Å². The Labute approximate surface area is 395 Å². The van der Waals surface area contributed by atoms with Crippen LogP contribution in [0.15, 0.2) is 238 Å². The van der Waals surface area contributed by atoms with Crippen molar-refractivity contribution < 1.29 is 13.3 Å². The number of aromatic nitrogens is 3. The minimum Gasteiger partial charge on any atom is -0.456 e. The van der Waals surface area contributed by atoms with Crippen LogP contribution in [0, 0.1) is 0 Å². The second-order valence-corrected chi connectivity index (χ2v) is 17.5. The zero-order valence-electron chi connectivity index (χ0n) is 36.9. The molecule has 14 rings (SSSR count). The molecule has 10 aromatic carbocycles. The van der Waals surface area contributed by atoms with E-state index >= 15 is 0 Å². The van der Waals surface area contributed by atoms with Crippen molar-refractivity contribution in [3.05, 3.63) is 224 Å². The van der Waals surface area contributed by atoms with Crippen LogP contribution >= 0.6 is 0 Å². The third kappa shape index (κ3) is 6.69. The van der Waals surface area contributed by atoms with Gasteiger partial charge in [-0.1, -0.05) is 152 Å². The van der Waals surface area contributed by atoms with Gasteiger partial charge in [0, 0.05) is 49.0 Å². The minimum atomic E-state index is 0.567. The van der Waals surface area contributed by atoms with Crippen molar-refractivity contribution in [2.45, 2.75) is 0 Å². The molecule has 0 saturated carbocycles. The van der Waals surface area contributed by atoms with Crippen LogP contribution in [-0.2, 0) is 0 Å². The molecule has 0 saturated heterocycles. The van der Waals surface area contributed by atoms with Gasteiger partial charge in [-0.25, -0.2) is 15.0 Å². The van der Waals surface area contributed by atoms with Crippen molar-refractivity contribution in [1.82, 2.24) is 15.0 Å². The molecule has 0 spiro atoms. The Morgan fingerprint density at radius 1 is 0.217 bits per heavy atom. The molecule has 69 heavy (non-hydrogen) atoms. The van der Waals surface area contributed by atoms with Crippen LogP contribution in [-0.4, -0.2) is 15.0 Å². The average Bonchev–Trinajstić information content (AvgIpc) is 4.11. The molecule has 322 valence electrons. The SMILES string of the molecule is c1ccc(-c2cccc3oc4cc(-c5cccc(-c6nc(-c7cccc(-c8ccc9c(c8)oc8ccccc89)c7)nc(-c7cccc(-c8ccc9c(c8)oc8ccccc89)c7)n6)c5)ccc4c23)cc1. The summed E-state index contributed by atoms with van der Waals surface area (Å²) in [6, 6.07) is 77.5. The zero-order valence-corrected chi connectivity index (χ0v) is 36.9. The first-order valence-corrected chi connectivity index (χ1v) is 23.1. The first kappa shape index (κ1) is 38.8. The van der Waals surface area contributed by atoms with Gasteiger partial charge in [-0.2, -0.15) is 0 Å². The molecule has 6 heteroatoms. The molecule has 0 bridgehead atoms. The number of hydrogen-bond donors (Lipinski definition) is 0. The van der Waals surface area contributed by atoms with Gasteiger partial charge in [-0.3, -0.25) is 0 Å². The molecule has 4 aromatic heterocycles. The molecule has 0 aliphatic carbocycles. The van der Waals surface area contributed by atoms with Crippen LogP contribution in [0.2, 0.25) is 0 Å². The lowest BCUT2D eigenvalue weighted by Gasteiger charge is -2.11. The van der Waals surface area contributed by atoms with Crippen LogP contribution in [0.3, 0.4) is 0 Å². The Hall–Kier alpha value is -9.39. The predicted octanol–water partition coefficient (Wildman–Crippen LogP) is 17.2. The lowest BCUT2D eigenvalue weighted by molar-refractivity contribution is 0.668. The van der Waals surface area contributed by atoms with Crippen molar-refractivity contribution in [1.29, 1.82) is 0 Å². The minimum absolute atomic E-state index is 0.567. The Balaban J connectivity index is 0.881. The van der Waals surface area contributed by atoms with E-state index in [9.17, 15) is 0 Å². The van der Waals surface area contributed by atoms with Gasteiger partial charge < -0.3 is 13.3 Å². The maximum atomic E-state index is 6.53. The number of para-hydroxylation sites is 2. The summed E-state index contributed by atoms with van der Waals surface area (Å²) in [6.45, 7) is 0. The molecular formula is C63H37N3O3. The molecular weight excluding hydrogens is 847 g/mol. The molecule has 0 unspecified atom stereocenters. The Morgan fingerprint density at radius 3 is 1.07 bits per heavy atom. The van der Waals surface area contributed by atoms with Gasteiger partial charge >= 0.3 is 0 Å². The first-order chi connectivity index (χ1) is 34.1. The molecule has 14 aromatic rings. The number of rotatable bonds is 7. The second kappa shape index (κ2) is 15.6. The van der Waals surface area contributed by atoms with E-state index in [0.29, 0.717) is 17.5 Å². The highest BCUT2D eigenvalue weighted by molar-refractivity contribution is 6.13. The first-order valence-electron chi connectivity index (χ1n) is 23.1. The van der Waals surface area contributed by atoms with E-state index in [1.807, 2.05) is 48.5 Å². The van der Waals surface area contributed by atoms with Crippen molar-refractivity contribution in [3.63, 3.8) is 0 Å². The fourth-order valence-corrected chi connectivity index (χ4v) is 9.95. The van der Waals surface area contributed by atoms with E-state index in [1.54, 1.807) is 0 Å². The molecule has 0 atom stereocenters. The quantitative estimate of drug-likeness (QED) is 0.159. The van der Waals surface area contributed by atoms with Gasteiger partial charge in [0.2, 0.25) is 0 Å². The number of furan rings is 3. The normalized spacial score (nSPS) is 11.8. The van der Waals surface area contributed by atoms with E-state index in [0.717, 1.165) is 127 Å². The molecule has 0 aliphatic rings. The van der Waals surface area contributed by atoms with Crippen molar-refractivity contribution in [2.75, 3.05) is 0 Å². The van der Waals surface area contributed by atoms with Crippen LogP contribution in [0.25, 0.3) is 144 Å². The molecule has 0 N–H and O–H groups in total. The molecule has 6 nitrogen and oxygen atoms in total. The van der Waals surface area contributed by atoms with Crippen LogP contribution < -0.4 is 0 Å². The summed E-state index contributed by atoms with van der Waals surface area (Å²) in [6.07, 6.45) is 0. The van der Waals surface area contributed by atoms with Gasteiger partial charge in [-0.05, 0) is 117 Å². The Morgan fingerprint density at radius 2 is 0.565 bits per heavy atom. The lowest BCUT2D eigenvalue weighted by atomic mass is 9.97. The van der Waals surface area contributed by atoms with Gasteiger partial charge in [0.05, 0.1) is 0 Å². The fourth-order valence-electron chi connectivity index (χ4n) is 9.95. The Kier molecular flexibility index (Phi) is 8.79. The predicted molar refractivity (Wildman–Crippen MR) is 280 cm³/mol. The summed E-state index contributed by atoms with van der Waals surface area (Å²) in [4.78, 5) is 15.7. The van der Waals surface area contributed by atoms with Crippen molar-refractivity contribution in [3.8, 4) is 78.7 Å². The van der Waals surface area contributed by atoms with E-state index in [2.05, 4.69) is 176 Å². The largest absolute Gasteiger partial charge is 0.456 e. The fraction of sp³-hybridized carbons (Fsp3) is 0. The van der Waals surface area contributed by atoms with Crippen LogP contribution in [0.4, 0.5) is 0 Å². The van der Waals surface area contributed by atoms with Gasteiger partial charge in [0.25, 0.3) is 0 Å². The van der Waals surface area contributed by atoms with Crippen LogP contribution in [0.5, 0.6) is 0 Å². The number of hydrogen-bond acceptors (Lipinski definition) is 6. The van der Waals surface area contributed by atoms with E-state index in [1.165, 1.54) is 0 Å². The Bertz CT molecular complexity index is 4160.